The minimum atomic E-state index is -1.16. The van der Waals surface area contributed by atoms with Crippen molar-refractivity contribution in [2.45, 2.75) is 38.2 Å². The van der Waals surface area contributed by atoms with E-state index in [1.807, 2.05) is 0 Å². The van der Waals surface area contributed by atoms with Gasteiger partial charge >= 0.3 is 5.97 Å². The molecule has 0 aromatic carbocycles. The van der Waals surface area contributed by atoms with Crippen LogP contribution in [0.1, 0.15) is 37.8 Å². The van der Waals surface area contributed by atoms with E-state index in [4.69, 9.17) is 15.7 Å². The number of carbonyl (C=O) groups is 1. The summed E-state index contributed by atoms with van der Waals surface area (Å²) in [5.41, 5.74) is 5.54. The zero-order valence-corrected chi connectivity index (χ0v) is 10.7. The molecular formula is C11H15N3O3S. The number of anilines is 1. The SMILES string of the molecule is Nc1nc(C(=NOC2CCCCC2)C(=O)O)cs1. The summed E-state index contributed by atoms with van der Waals surface area (Å²) in [5, 5.41) is 14.7. The van der Waals surface area contributed by atoms with Gasteiger partial charge in [-0.1, -0.05) is 11.6 Å². The van der Waals surface area contributed by atoms with Crippen LogP contribution in [0, 0.1) is 0 Å². The number of oxime groups is 1. The number of rotatable bonds is 4. The highest BCUT2D eigenvalue weighted by atomic mass is 32.1. The van der Waals surface area contributed by atoms with Crippen LogP contribution < -0.4 is 5.73 Å². The third-order valence-corrected chi connectivity index (χ3v) is 3.49. The van der Waals surface area contributed by atoms with Gasteiger partial charge in [-0.3, -0.25) is 0 Å². The Hall–Kier alpha value is -1.63. The summed E-state index contributed by atoms with van der Waals surface area (Å²) in [7, 11) is 0. The lowest BCUT2D eigenvalue weighted by Gasteiger charge is -2.19. The maximum atomic E-state index is 11.1. The fourth-order valence-corrected chi connectivity index (χ4v) is 2.44. The molecule has 0 bridgehead atoms. The summed E-state index contributed by atoms with van der Waals surface area (Å²) < 4.78 is 0. The van der Waals surface area contributed by atoms with Crippen LogP contribution in [0.25, 0.3) is 0 Å². The van der Waals surface area contributed by atoms with E-state index in [9.17, 15) is 4.79 Å². The number of hydrogen-bond donors (Lipinski definition) is 2. The number of thiazole rings is 1. The van der Waals surface area contributed by atoms with Gasteiger partial charge in [0.15, 0.2) is 5.13 Å². The Labute approximate surface area is 108 Å². The van der Waals surface area contributed by atoms with Gasteiger partial charge in [0.05, 0.1) is 0 Å². The average Bonchev–Trinajstić information content (AvgIpc) is 2.77. The first kappa shape index (κ1) is 12.8. The predicted molar refractivity (Wildman–Crippen MR) is 68.7 cm³/mol. The van der Waals surface area contributed by atoms with Crippen molar-refractivity contribution in [2.24, 2.45) is 5.16 Å². The first-order valence-corrected chi connectivity index (χ1v) is 6.73. The van der Waals surface area contributed by atoms with Crippen molar-refractivity contribution < 1.29 is 14.7 Å². The van der Waals surface area contributed by atoms with E-state index < -0.39 is 5.97 Å². The molecule has 0 amide bonds. The molecule has 2 rings (SSSR count). The highest BCUT2D eigenvalue weighted by molar-refractivity contribution is 7.13. The highest BCUT2D eigenvalue weighted by Gasteiger charge is 2.19. The van der Waals surface area contributed by atoms with Crippen LogP contribution in [0.5, 0.6) is 0 Å². The molecule has 1 fully saturated rings. The van der Waals surface area contributed by atoms with E-state index in [2.05, 4.69) is 10.1 Å². The molecule has 0 unspecified atom stereocenters. The maximum absolute atomic E-state index is 11.1. The lowest BCUT2D eigenvalue weighted by Crippen LogP contribution is -2.19. The summed E-state index contributed by atoms with van der Waals surface area (Å²) in [6.07, 6.45) is 5.28. The lowest BCUT2D eigenvalue weighted by molar-refractivity contribution is -0.129. The number of hydrogen-bond acceptors (Lipinski definition) is 6. The number of aliphatic carboxylic acids is 1. The molecular weight excluding hydrogens is 254 g/mol. The van der Waals surface area contributed by atoms with Crippen molar-refractivity contribution in [3.8, 4) is 0 Å². The summed E-state index contributed by atoms with van der Waals surface area (Å²) in [6.45, 7) is 0. The second kappa shape index (κ2) is 5.81. The van der Waals surface area contributed by atoms with Gasteiger partial charge in [0, 0.05) is 5.38 Å². The molecule has 1 aromatic heterocycles. The topological polar surface area (TPSA) is 97.8 Å². The molecule has 0 spiro atoms. The normalized spacial score (nSPS) is 17.7. The number of nitrogens with zero attached hydrogens (tertiary/aromatic N) is 2. The van der Waals surface area contributed by atoms with Gasteiger partial charge in [0.1, 0.15) is 11.8 Å². The van der Waals surface area contributed by atoms with Crippen LogP contribution >= 0.6 is 11.3 Å². The van der Waals surface area contributed by atoms with E-state index >= 15 is 0 Å². The second-order valence-electron chi connectivity index (χ2n) is 4.18. The molecule has 1 aromatic rings. The maximum Gasteiger partial charge on any atom is 0.360 e. The Morgan fingerprint density at radius 2 is 2.22 bits per heavy atom. The number of nitrogens with two attached hydrogens (primary N) is 1. The molecule has 7 heteroatoms. The van der Waals surface area contributed by atoms with Gasteiger partial charge in [-0.25, -0.2) is 9.78 Å². The van der Waals surface area contributed by atoms with E-state index in [1.165, 1.54) is 17.8 Å². The van der Waals surface area contributed by atoms with Crippen molar-refractivity contribution in [2.75, 3.05) is 5.73 Å². The minimum absolute atomic E-state index is 0.0177. The van der Waals surface area contributed by atoms with Crippen molar-refractivity contribution in [1.29, 1.82) is 0 Å². The van der Waals surface area contributed by atoms with Gasteiger partial charge in [-0.2, -0.15) is 0 Å². The smallest absolute Gasteiger partial charge is 0.360 e. The predicted octanol–water partition coefficient (Wildman–Crippen LogP) is 1.86. The Morgan fingerprint density at radius 3 is 2.78 bits per heavy atom. The molecule has 1 aliphatic carbocycles. The summed E-state index contributed by atoms with van der Waals surface area (Å²) in [6, 6.07) is 0. The van der Waals surface area contributed by atoms with Crippen LogP contribution in [0.15, 0.2) is 10.5 Å². The standard InChI is InChI=1S/C11H15N3O3S/c12-11-13-8(6-18-11)9(10(15)16)14-17-7-4-2-1-3-5-7/h6-7H,1-5H2,(H2,12,13)(H,15,16). The molecule has 18 heavy (non-hydrogen) atoms. The van der Waals surface area contributed by atoms with Crippen LogP contribution in [0.4, 0.5) is 5.13 Å². The molecule has 0 radical (unpaired) electrons. The van der Waals surface area contributed by atoms with Gasteiger partial charge in [-0.05, 0) is 25.7 Å². The monoisotopic (exact) mass is 269 g/mol. The zero-order chi connectivity index (χ0) is 13.0. The van der Waals surface area contributed by atoms with E-state index in [1.54, 1.807) is 5.38 Å². The Bertz CT molecular complexity index is 452. The second-order valence-corrected chi connectivity index (χ2v) is 5.07. The van der Waals surface area contributed by atoms with Crippen LogP contribution in [-0.2, 0) is 9.63 Å². The lowest BCUT2D eigenvalue weighted by atomic mass is 9.98. The Balaban J connectivity index is 2.07. The third-order valence-electron chi connectivity index (χ3n) is 2.81. The molecule has 6 nitrogen and oxygen atoms in total. The number of nitrogen functional groups attached to an aromatic ring is 1. The van der Waals surface area contributed by atoms with Crippen molar-refractivity contribution >= 4 is 28.1 Å². The number of aromatic nitrogens is 1. The summed E-state index contributed by atoms with van der Waals surface area (Å²) >= 11 is 1.18. The first-order chi connectivity index (χ1) is 8.66. The van der Waals surface area contributed by atoms with Crippen LogP contribution in [0.2, 0.25) is 0 Å². The number of carboxylic acids is 1. The van der Waals surface area contributed by atoms with E-state index in [-0.39, 0.29) is 17.5 Å². The summed E-state index contributed by atoms with van der Waals surface area (Å²) in [5.74, 6) is -1.16. The molecule has 3 N–H and O–H groups in total. The van der Waals surface area contributed by atoms with Gasteiger partial charge in [-0.15, -0.1) is 11.3 Å². The van der Waals surface area contributed by atoms with Crippen molar-refractivity contribution in [3.05, 3.63) is 11.1 Å². The quantitative estimate of drug-likeness (QED) is 0.642. The Morgan fingerprint density at radius 1 is 1.50 bits per heavy atom. The zero-order valence-electron chi connectivity index (χ0n) is 9.83. The fourth-order valence-electron chi connectivity index (χ4n) is 1.89. The van der Waals surface area contributed by atoms with Crippen LogP contribution in [-0.4, -0.2) is 27.9 Å². The molecule has 0 aliphatic heterocycles. The highest BCUT2D eigenvalue weighted by Crippen LogP contribution is 2.21. The molecule has 1 saturated carbocycles. The molecule has 1 heterocycles. The molecule has 0 saturated heterocycles. The van der Waals surface area contributed by atoms with Crippen LogP contribution in [0.3, 0.4) is 0 Å². The van der Waals surface area contributed by atoms with Gasteiger partial charge in [0.25, 0.3) is 0 Å². The van der Waals surface area contributed by atoms with E-state index in [0.717, 1.165) is 25.7 Å². The Kier molecular flexibility index (Phi) is 4.14. The summed E-state index contributed by atoms with van der Waals surface area (Å²) in [4.78, 5) is 20.3. The molecule has 1 aliphatic rings. The van der Waals surface area contributed by atoms with Gasteiger partial charge < -0.3 is 15.7 Å². The molecule has 0 atom stereocenters. The van der Waals surface area contributed by atoms with Crippen molar-refractivity contribution in [1.82, 2.24) is 4.98 Å². The molecule has 98 valence electrons. The minimum Gasteiger partial charge on any atom is -0.476 e. The fraction of sp³-hybridized carbons (Fsp3) is 0.545. The largest absolute Gasteiger partial charge is 0.476 e. The van der Waals surface area contributed by atoms with Crippen molar-refractivity contribution in [3.63, 3.8) is 0 Å². The number of carboxylic acid groups (broad SMARTS) is 1. The average molecular weight is 269 g/mol. The first-order valence-electron chi connectivity index (χ1n) is 5.85. The third kappa shape index (κ3) is 3.19. The van der Waals surface area contributed by atoms with Gasteiger partial charge in [0.2, 0.25) is 5.71 Å². The van der Waals surface area contributed by atoms with E-state index in [0.29, 0.717) is 5.13 Å².